The maximum Gasteiger partial charge on any atom is 0.264 e. The molecule has 0 bridgehead atoms. The number of carbonyl (C=O) groups excluding carboxylic acids is 1. The molecular weight excluding hydrogens is 488 g/mol. The predicted octanol–water partition coefficient (Wildman–Crippen LogP) is 5.50. The molecule has 0 aromatic heterocycles. The molecule has 0 saturated carbocycles. The summed E-state index contributed by atoms with van der Waals surface area (Å²) in [4.78, 5) is 13.5. The standard InChI is InChI=1S/C29H36N2O5S/c1-6-36-28-10-8-7-9-27(28)31(37(33,34)25-17-11-22(4)12-18-25)20-29(32)30-26(19-21(2)3)23-13-15-24(35-5)16-14-23/h7-18,21,26H,6,19-20H2,1-5H3,(H,30,32)/t26-/m0/s1. The summed E-state index contributed by atoms with van der Waals surface area (Å²) in [6.45, 7) is 7.83. The molecule has 0 saturated heterocycles. The molecule has 3 rings (SSSR count). The van der Waals surface area contributed by atoms with Crippen molar-refractivity contribution in [1.82, 2.24) is 5.32 Å². The maximum atomic E-state index is 13.8. The predicted molar refractivity (Wildman–Crippen MR) is 147 cm³/mol. The van der Waals surface area contributed by atoms with E-state index in [0.717, 1.165) is 21.2 Å². The summed E-state index contributed by atoms with van der Waals surface area (Å²) in [6.07, 6.45) is 0.693. The fourth-order valence-electron chi connectivity index (χ4n) is 4.03. The van der Waals surface area contributed by atoms with Gasteiger partial charge in [0.1, 0.15) is 18.0 Å². The van der Waals surface area contributed by atoms with E-state index in [1.165, 1.54) is 0 Å². The first-order valence-electron chi connectivity index (χ1n) is 12.4. The molecule has 1 amide bonds. The topological polar surface area (TPSA) is 84.9 Å². The van der Waals surface area contributed by atoms with Crippen molar-refractivity contribution >= 4 is 21.6 Å². The number of para-hydroxylation sites is 2. The number of ether oxygens (including phenoxy) is 2. The first-order valence-corrected chi connectivity index (χ1v) is 13.8. The zero-order valence-electron chi connectivity index (χ0n) is 22.1. The third kappa shape index (κ3) is 7.26. The van der Waals surface area contributed by atoms with Crippen LogP contribution in [0, 0.1) is 12.8 Å². The zero-order valence-corrected chi connectivity index (χ0v) is 22.9. The Hall–Kier alpha value is -3.52. The summed E-state index contributed by atoms with van der Waals surface area (Å²) in [5.74, 6) is 1.01. The van der Waals surface area contributed by atoms with Crippen LogP contribution in [0.4, 0.5) is 5.69 Å². The molecule has 1 atom stereocenters. The highest BCUT2D eigenvalue weighted by Crippen LogP contribution is 2.33. The third-order valence-corrected chi connectivity index (χ3v) is 7.66. The minimum atomic E-state index is -4.06. The number of nitrogens with one attached hydrogen (secondary N) is 1. The van der Waals surface area contributed by atoms with Gasteiger partial charge in [0, 0.05) is 0 Å². The van der Waals surface area contributed by atoms with Gasteiger partial charge >= 0.3 is 0 Å². The first kappa shape index (κ1) is 28.1. The molecule has 0 aliphatic carbocycles. The SMILES string of the molecule is CCOc1ccccc1N(CC(=O)N[C@@H](CC(C)C)c1ccc(OC)cc1)S(=O)(=O)c1ccc(C)cc1. The van der Waals surface area contributed by atoms with Crippen LogP contribution in [-0.2, 0) is 14.8 Å². The molecule has 0 unspecified atom stereocenters. The number of rotatable bonds is 12. The minimum Gasteiger partial charge on any atom is -0.497 e. The lowest BCUT2D eigenvalue weighted by Gasteiger charge is -2.28. The van der Waals surface area contributed by atoms with Crippen LogP contribution in [-0.4, -0.2) is 34.6 Å². The lowest BCUT2D eigenvalue weighted by molar-refractivity contribution is -0.120. The summed E-state index contributed by atoms with van der Waals surface area (Å²) in [5, 5.41) is 3.06. The molecule has 7 nitrogen and oxygen atoms in total. The fraction of sp³-hybridized carbons (Fsp3) is 0.345. The molecule has 0 aliphatic heterocycles. The highest BCUT2D eigenvalue weighted by Gasteiger charge is 2.30. The van der Waals surface area contributed by atoms with Gasteiger partial charge in [0.15, 0.2) is 0 Å². The second-order valence-electron chi connectivity index (χ2n) is 9.25. The van der Waals surface area contributed by atoms with Crippen molar-refractivity contribution in [3.63, 3.8) is 0 Å². The monoisotopic (exact) mass is 524 g/mol. The highest BCUT2D eigenvalue weighted by molar-refractivity contribution is 7.92. The molecule has 37 heavy (non-hydrogen) atoms. The van der Waals surface area contributed by atoms with Gasteiger partial charge in [-0.05, 0) is 68.1 Å². The Morgan fingerprint density at radius 1 is 0.973 bits per heavy atom. The minimum absolute atomic E-state index is 0.103. The van der Waals surface area contributed by atoms with Gasteiger partial charge in [0.2, 0.25) is 5.91 Å². The lowest BCUT2D eigenvalue weighted by atomic mass is 9.97. The van der Waals surface area contributed by atoms with Crippen LogP contribution in [0.5, 0.6) is 11.5 Å². The van der Waals surface area contributed by atoms with Crippen LogP contribution in [0.25, 0.3) is 0 Å². The van der Waals surface area contributed by atoms with Gasteiger partial charge in [-0.3, -0.25) is 9.10 Å². The molecule has 0 heterocycles. The molecule has 0 radical (unpaired) electrons. The van der Waals surface area contributed by atoms with Crippen molar-refractivity contribution in [2.45, 2.75) is 45.1 Å². The first-order chi connectivity index (χ1) is 17.6. The Morgan fingerprint density at radius 3 is 2.22 bits per heavy atom. The van der Waals surface area contributed by atoms with Crippen LogP contribution in [0.2, 0.25) is 0 Å². The van der Waals surface area contributed by atoms with E-state index in [1.807, 2.05) is 38.1 Å². The Morgan fingerprint density at radius 2 is 1.62 bits per heavy atom. The van der Waals surface area contributed by atoms with E-state index < -0.39 is 22.5 Å². The molecular formula is C29H36N2O5S. The van der Waals surface area contributed by atoms with Gasteiger partial charge in [0.05, 0.1) is 30.3 Å². The Balaban J connectivity index is 1.97. The van der Waals surface area contributed by atoms with Crippen molar-refractivity contribution < 1.29 is 22.7 Å². The van der Waals surface area contributed by atoms with Crippen molar-refractivity contribution in [3.8, 4) is 11.5 Å². The van der Waals surface area contributed by atoms with E-state index in [0.29, 0.717) is 30.4 Å². The molecule has 0 fully saturated rings. The molecule has 1 N–H and O–H groups in total. The number of hydrogen-bond donors (Lipinski definition) is 1. The van der Waals surface area contributed by atoms with E-state index in [9.17, 15) is 13.2 Å². The summed E-state index contributed by atoms with van der Waals surface area (Å²) < 4.78 is 39.7. The van der Waals surface area contributed by atoms with E-state index in [2.05, 4.69) is 19.2 Å². The smallest absolute Gasteiger partial charge is 0.264 e. The van der Waals surface area contributed by atoms with Crippen molar-refractivity contribution in [2.24, 2.45) is 5.92 Å². The van der Waals surface area contributed by atoms with Crippen molar-refractivity contribution in [1.29, 1.82) is 0 Å². The van der Waals surface area contributed by atoms with Crippen LogP contribution in [0.1, 0.15) is 44.4 Å². The van der Waals surface area contributed by atoms with Gasteiger partial charge in [-0.25, -0.2) is 8.42 Å². The van der Waals surface area contributed by atoms with Crippen molar-refractivity contribution in [2.75, 3.05) is 24.6 Å². The fourth-order valence-corrected chi connectivity index (χ4v) is 5.47. The van der Waals surface area contributed by atoms with Gasteiger partial charge < -0.3 is 14.8 Å². The van der Waals surface area contributed by atoms with Crippen LogP contribution < -0.4 is 19.1 Å². The number of aryl methyl sites for hydroxylation is 1. The molecule has 198 valence electrons. The van der Waals surface area contributed by atoms with Gasteiger partial charge in [-0.2, -0.15) is 0 Å². The van der Waals surface area contributed by atoms with Crippen LogP contribution in [0.15, 0.2) is 77.7 Å². The summed E-state index contributed by atoms with van der Waals surface area (Å²) in [5.41, 5.74) is 2.17. The number of anilines is 1. The van der Waals surface area contributed by atoms with Gasteiger partial charge in [0.25, 0.3) is 10.0 Å². The van der Waals surface area contributed by atoms with E-state index in [-0.39, 0.29) is 10.9 Å². The molecule has 0 aliphatic rings. The highest BCUT2D eigenvalue weighted by atomic mass is 32.2. The van der Waals surface area contributed by atoms with Gasteiger partial charge in [-0.15, -0.1) is 0 Å². The Bertz CT molecular complexity index is 1270. The van der Waals surface area contributed by atoms with Crippen LogP contribution in [0.3, 0.4) is 0 Å². The lowest BCUT2D eigenvalue weighted by Crippen LogP contribution is -2.42. The van der Waals surface area contributed by atoms with Crippen molar-refractivity contribution in [3.05, 3.63) is 83.9 Å². The average molecular weight is 525 g/mol. The van der Waals surface area contributed by atoms with E-state index in [1.54, 1.807) is 55.6 Å². The number of methoxy groups -OCH3 is 1. The number of sulfonamides is 1. The average Bonchev–Trinajstić information content (AvgIpc) is 2.87. The van der Waals surface area contributed by atoms with Gasteiger partial charge in [-0.1, -0.05) is 55.8 Å². The number of carbonyl (C=O) groups is 1. The number of hydrogen-bond acceptors (Lipinski definition) is 5. The maximum absolute atomic E-state index is 13.8. The zero-order chi connectivity index (χ0) is 27.0. The molecule has 3 aromatic carbocycles. The summed E-state index contributed by atoms with van der Waals surface area (Å²) in [6, 6.07) is 20.7. The Kier molecular flexibility index (Phi) is 9.58. The second kappa shape index (κ2) is 12.6. The number of benzene rings is 3. The van der Waals surface area contributed by atoms with Crippen LogP contribution >= 0.6 is 0 Å². The Labute approximate surface area is 220 Å². The molecule has 8 heteroatoms. The molecule has 0 spiro atoms. The summed E-state index contributed by atoms with van der Waals surface area (Å²) >= 11 is 0. The third-order valence-electron chi connectivity index (χ3n) is 5.89. The largest absolute Gasteiger partial charge is 0.497 e. The summed E-state index contributed by atoms with van der Waals surface area (Å²) in [7, 11) is -2.46. The normalized spacial score (nSPS) is 12.2. The quantitative estimate of drug-likeness (QED) is 0.338. The number of nitrogens with zero attached hydrogens (tertiary/aromatic N) is 1. The van der Waals surface area contributed by atoms with E-state index >= 15 is 0 Å². The number of amides is 1. The second-order valence-corrected chi connectivity index (χ2v) is 11.1. The van der Waals surface area contributed by atoms with E-state index in [4.69, 9.17) is 9.47 Å². The molecule has 3 aromatic rings.